The van der Waals surface area contributed by atoms with E-state index in [1.165, 1.54) is 0 Å². The molecule has 1 aliphatic heterocycles. The minimum absolute atomic E-state index is 0.0801. The van der Waals surface area contributed by atoms with Gasteiger partial charge in [-0.15, -0.1) is 0 Å². The molecule has 0 radical (unpaired) electrons. The van der Waals surface area contributed by atoms with Crippen molar-refractivity contribution >= 4 is 27.9 Å². The number of carbonyl (C=O) groups excluding carboxylic acids is 1. The average Bonchev–Trinajstić information content (AvgIpc) is 3.33. The maximum Gasteiger partial charge on any atom is 0.256 e. The number of nitrogens with one attached hydrogen (secondary N) is 1. The number of amides is 1. The number of benzene rings is 2. The second-order valence-corrected chi connectivity index (χ2v) is 6.76. The normalized spacial score (nSPS) is 17.7. The molecule has 2 aromatic carbocycles. The van der Waals surface area contributed by atoms with E-state index in [0.29, 0.717) is 36.8 Å². The summed E-state index contributed by atoms with van der Waals surface area (Å²) in [5.41, 5.74) is 3.84. The lowest BCUT2D eigenvalue weighted by atomic mass is 10.1. The van der Waals surface area contributed by atoms with Crippen molar-refractivity contribution in [2.75, 3.05) is 19.8 Å². The Morgan fingerprint density at radius 1 is 1.30 bits per heavy atom. The first-order valence-corrected chi connectivity index (χ1v) is 8.88. The topological polar surface area (TPSA) is 84.3 Å². The number of H-pyrrole nitrogens is 1. The molecule has 2 aromatic heterocycles. The van der Waals surface area contributed by atoms with Gasteiger partial charge in [0.1, 0.15) is 11.6 Å². The molecule has 5 rings (SSSR count). The minimum atomic E-state index is -0.364. The van der Waals surface area contributed by atoms with Crippen LogP contribution in [0.15, 0.2) is 47.0 Å². The van der Waals surface area contributed by atoms with Gasteiger partial charge in [-0.05, 0) is 36.8 Å². The summed E-state index contributed by atoms with van der Waals surface area (Å²) in [5.74, 6) is 0.418. The monoisotopic (exact) mass is 362 g/mol. The second kappa shape index (κ2) is 6.21. The number of aryl methyl sites for hydroxylation is 1. The molecule has 7 nitrogen and oxygen atoms in total. The van der Waals surface area contributed by atoms with Crippen molar-refractivity contribution in [2.45, 2.75) is 13.0 Å². The van der Waals surface area contributed by atoms with Crippen LogP contribution in [0.1, 0.15) is 27.9 Å². The predicted molar refractivity (Wildman–Crippen MR) is 99.4 cm³/mol. The third-order valence-electron chi connectivity index (χ3n) is 4.91. The van der Waals surface area contributed by atoms with Crippen molar-refractivity contribution in [3.8, 4) is 0 Å². The molecule has 1 atom stereocenters. The van der Waals surface area contributed by atoms with E-state index in [1.807, 2.05) is 43.3 Å². The van der Waals surface area contributed by atoms with Crippen LogP contribution in [0.25, 0.3) is 22.0 Å². The zero-order chi connectivity index (χ0) is 18.4. The van der Waals surface area contributed by atoms with Crippen LogP contribution in [-0.2, 0) is 4.74 Å². The van der Waals surface area contributed by atoms with Crippen LogP contribution >= 0.6 is 0 Å². The first-order valence-electron chi connectivity index (χ1n) is 8.88. The fourth-order valence-electron chi connectivity index (χ4n) is 3.61. The lowest BCUT2D eigenvalue weighted by Crippen LogP contribution is -2.43. The van der Waals surface area contributed by atoms with Crippen LogP contribution in [0.5, 0.6) is 0 Å². The van der Waals surface area contributed by atoms with Crippen molar-refractivity contribution in [1.29, 1.82) is 0 Å². The van der Waals surface area contributed by atoms with Crippen LogP contribution in [0, 0.1) is 6.92 Å². The first-order chi connectivity index (χ1) is 13.2. The molecular weight excluding hydrogens is 344 g/mol. The first kappa shape index (κ1) is 16.0. The second-order valence-electron chi connectivity index (χ2n) is 6.76. The van der Waals surface area contributed by atoms with Gasteiger partial charge in [0.05, 0.1) is 30.5 Å². The van der Waals surface area contributed by atoms with Crippen LogP contribution < -0.4 is 0 Å². The Morgan fingerprint density at radius 3 is 3.07 bits per heavy atom. The molecule has 1 aliphatic rings. The Morgan fingerprint density at radius 2 is 2.19 bits per heavy atom. The van der Waals surface area contributed by atoms with E-state index < -0.39 is 0 Å². The molecule has 1 amide bonds. The molecule has 0 spiro atoms. The molecule has 136 valence electrons. The molecule has 0 bridgehead atoms. The fraction of sp³-hybridized carbons (Fsp3) is 0.250. The Bertz CT molecular complexity index is 1110. The number of nitrogens with zero attached hydrogens (tertiary/aromatic N) is 3. The van der Waals surface area contributed by atoms with Gasteiger partial charge in [0.15, 0.2) is 5.58 Å². The number of para-hydroxylation sites is 2. The predicted octanol–water partition coefficient (Wildman–Crippen LogP) is 3.23. The van der Waals surface area contributed by atoms with Gasteiger partial charge in [0, 0.05) is 11.9 Å². The van der Waals surface area contributed by atoms with Gasteiger partial charge in [-0.25, -0.2) is 4.98 Å². The van der Waals surface area contributed by atoms with Gasteiger partial charge in [-0.1, -0.05) is 12.1 Å². The quantitative estimate of drug-likeness (QED) is 0.592. The number of ether oxygens (including phenoxy) is 1. The van der Waals surface area contributed by atoms with E-state index in [9.17, 15) is 4.79 Å². The van der Waals surface area contributed by atoms with Gasteiger partial charge in [0.25, 0.3) is 5.91 Å². The Kier molecular flexibility index (Phi) is 3.68. The minimum Gasteiger partial charge on any atom is -0.438 e. The fourth-order valence-corrected chi connectivity index (χ4v) is 3.61. The third-order valence-corrected chi connectivity index (χ3v) is 4.91. The van der Waals surface area contributed by atoms with E-state index in [4.69, 9.17) is 9.15 Å². The number of rotatable bonds is 2. The third kappa shape index (κ3) is 2.67. The highest BCUT2D eigenvalue weighted by molar-refractivity contribution is 6.05. The van der Waals surface area contributed by atoms with E-state index in [0.717, 1.165) is 22.0 Å². The smallest absolute Gasteiger partial charge is 0.256 e. The Hall–Kier alpha value is -3.19. The number of oxazole rings is 1. The SMILES string of the molecule is Cc1cc(C(=O)N2CCOCC2c2nc3ccccc3o2)c2[nH]ncc2c1. The Labute approximate surface area is 154 Å². The number of hydrogen-bond donors (Lipinski definition) is 1. The summed E-state index contributed by atoms with van der Waals surface area (Å²) in [7, 11) is 0. The van der Waals surface area contributed by atoms with Crippen molar-refractivity contribution < 1.29 is 13.9 Å². The summed E-state index contributed by atoms with van der Waals surface area (Å²) in [5, 5.41) is 7.95. The van der Waals surface area contributed by atoms with Gasteiger partial charge < -0.3 is 14.1 Å². The van der Waals surface area contributed by atoms with Gasteiger partial charge >= 0.3 is 0 Å². The molecule has 1 N–H and O–H groups in total. The highest BCUT2D eigenvalue weighted by Gasteiger charge is 2.33. The molecule has 4 aromatic rings. The number of hydrogen-bond acceptors (Lipinski definition) is 5. The molecular formula is C20H18N4O3. The molecule has 1 fully saturated rings. The molecule has 27 heavy (non-hydrogen) atoms. The van der Waals surface area contributed by atoms with Crippen LogP contribution in [0.2, 0.25) is 0 Å². The Balaban J connectivity index is 1.56. The molecule has 7 heteroatoms. The number of fused-ring (bicyclic) bond motifs is 2. The summed E-state index contributed by atoms with van der Waals surface area (Å²) in [6.07, 6.45) is 1.73. The summed E-state index contributed by atoms with van der Waals surface area (Å²) in [6, 6.07) is 11.1. The molecule has 1 saturated heterocycles. The lowest BCUT2D eigenvalue weighted by molar-refractivity contribution is -0.00985. The van der Waals surface area contributed by atoms with Gasteiger partial charge in [-0.2, -0.15) is 5.10 Å². The summed E-state index contributed by atoms with van der Waals surface area (Å²) in [6.45, 7) is 3.30. The van der Waals surface area contributed by atoms with Crippen molar-refractivity contribution in [3.63, 3.8) is 0 Å². The summed E-state index contributed by atoms with van der Waals surface area (Å²) < 4.78 is 11.5. The zero-order valence-corrected chi connectivity index (χ0v) is 14.8. The standard InChI is InChI=1S/C20H18N4O3/c1-12-8-13-10-21-23-18(13)14(9-12)20(25)24-6-7-26-11-16(24)19-22-15-4-2-3-5-17(15)27-19/h2-5,8-10,16H,6-7,11H2,1H3,(H,21,23). The number of aromatic nitrogens is 3. The average molecular weight is 362 g/mol. The van der Waals surface area contributed by atoms with E-state index in [-0.39, 0.29) is 11.9 Å². The van der Waals surface area contributed by atoms with E-state index in [1.54, 1.807) is 11.1 Å². The summed E-state index contributed by atoms with van der Waals surface area (Å²) >= 11 is 0. The molecule has 3 heterocycles. The maximum absolute atomic E-state index is 13.4. The van der Waals surface area contributed by atoms with Crippen LogP contribution in [0.3, 0.4) is 0 Å². The maximum atomic E-state index is 13.4. The van der Waals surface area contributed by atoms with Gasteiger partial charge in [0.2, 0.25) is 5.89 Å². The van der Waals surface area contributed by atoms with Crippen LogP contribution in [0.4, 0.5) is 0 Å². The highest BCUT2D eigenvalue weighted by Crippen LogP contribution is 2.30. The molecule has 1 unspecified atom stereocenters. The van der Waals surface area contributed by atoms with Crippen molar-refractivity contribution in [2.24, 2.45) is 0 Å². The largest absolute Gasteiger partial charge is 0.438 e. The number of morpholine rings is 1. The molecule has 0 saturated carbocycles. The highest BCUT2D eigenvalue weighted by atomic mass is 16.5. The van der Waals surface area contributed by atoms with E-state index >= 15 is 0 Å². The van der Waals surface area contributed by atoms with Crippen molar-refractivity contribution in [3.05, 3.63) is 59.6 Å². The van der Waals surface area contributed by atoms with E-state index in [2.05, 4.69) is 15.2 Å². The molecule has 0 aliphatic carbocycles. The number of carbonyl (C=O) groups is 1. The number of aromatic amines is 1. The summed E-state index contributed by atoms with van der Waals surface area (Å²) in [4.78, 5) is 19.8. The zero-order valence-electron chi connectivity index (χ0n) is 14.8. The lowest BCUT2D eigenvalue weighted by Gasteiger charge is -2.33. The van der Waals surface area contributed by atoms with Crippen molar-refractivity contribution in [1.82, 2.24) is 20.1 Å². The van der Waals surface area contributed by atoms with Crippen LogP contribution in [-0.4, -0.2) is 45.7 Å². The van der Waals surface area contributed by atoms with Gasteiger partial charge in [-0.3, -0.25) is 9.89 Å².